The van der Waals surface area contributed by atoms with E-state index in [2.05, 4.69) is 48.3 Å². The molecule has 1 heterocycles. The summed E-state index contributed by atoms with van der Waals surface area (Å²) in [5, 5.41) is 13.0. The third-order valence-corrected chi connectivity index (χ3v) is 5.50. The Morgan fingerprint density at radius 3 is 2.74 bits per heavy atom. The summed E-state index contributed by atoms with van der Waals surface area (Å²) in [7, 11) is 0. The largest absolute Gasteiger partial charge is 0.392 e. The van der Waals surface area contributed by atoms with E-state index in [4.69, 9.17) is 0 Å². The minimum absolute atomic E-state index is 0.0143. The Morgan fingerprint density at radius 1 is 1.30 bits per heavy atom. The van der Waals surface area contributed by atoms with Crippen molar-refractivity contribution in [2.24, 2.45) is 5.92 Å². The van der Waals surface area contributed by atoms with E-state index in [9.17, 15) is 9.90 Å². The number of nitrogens with one attached hydrogen (secondary N) is 1. The molecule has 1 aliphatic carbocycles. The first-order valence-corrected chi connectivity index (χ1v) is 8.75. The first-order valence-electron chi connectivity index (χ1n) is 8.75. The summed E-state index contributed by atoms with van der Waals surface area (Å²) in [4.78, 5) is 14.7. The third-order valence-electron chi connectivity index (χ3n) is 5.50. The molecule has 2 atom stereocenters. The van der Waals surface area contributed by atoms with Gasteiger partial charge in [-0.25, -0.2) is 0 Å². The van der Waals surface area contributed by atoms with Crippen molar-refractivity contribution in [3.63, 3.8) is 0 Å². The van der Waals surface area contributed by atoms with Crippen molar-refractivity contribution in [2.45, 2.75) is 57.7 Å². The maximum atomic E-state index is 12.3. The van der Waals surface area contributed by atoms with E-state index in [0.29, 0.717) is 6.54 Å². The molecule has 0 saturated heterocycles. The van der Waals surface area contributed by atoms with E-state index in [1.165, 1.54) is 11.1 Å². The average Bonchev–Trinajstić information content (AvgIpc) is 2.98. The molecule has 2 unspecified atom stereocenters. The number of hydrogen-bond donors (Lipinski definition) is 2. The van der Waals surface area contributed by atoms with Crippen molar-refractivity contribution < 1.29 is 9.90 Å². The summed E-state index contributed by atoms with van der Waals surface area (Å²) in [6, 6.07) is 8.61. The second-order valence-corrected chi connectivity index (χ2v) is 7.58. The van der Waals surface area contributed by atoms with Gasteiger partial charge in [0.25, 0.3) is 0 Å². The number of fused-ring (bicyclic) bond motifs is 1. The Balaban J connectivity index is 1.58. The number of aliphatic hydroxyl groups is 1. The van der Waals surface area contributed by atoms with E-state index >= 15 is 0 Å². The molecular weight excluding hydrogens is 288 g/mol. The highest BCUT2D eigenvalue weighted by atomic mass is 16.3. The number of amides is 1. The fraction of sp³-hybridized carbons (Fsp3) is 0.632. The predicted molar refractivity (Wildman–Crippen MR) is 91.0 cm³/mol. The Morgan fingerprint density at radius 2 is 2.04 bits per heavy atom. The summed E-state index contributed by atoms with van der Waals surface area (Å²) in [5.41, 5.74) is 2.74. The van der Waals surface area contributed by atoms with Crippen molar-refractivity contribution in [3.8, 4) is 0 Å². The Hall–Kier alpha value is -1.39. The lowest BCUT2D eigenvalue weighted by atomic mass is 9.93. The standard InChI is InChI=1S/C19H28N2O2/c1-19(2,13-20-18(23)16-8-5-9-17(16)22)21-11-10-14-6-3-4-7-15(14)12-21/h3-4,6-7,16-17,22H,5,8-13H2,1-2H3,(H,20,23). The SMILES string of the molecule is CC(C)(CNC(=O)C1CCCC1O)N1CCc2ccccc2C1. The molecule has 23 heavy (non-hydrogen) atoms. The van der Waals surface area contributed by atoms with Crippen molar-refractivity contribution in [2.75, 3.05) is 13.1 Å². The molecule has 2 N–H and O–H groups in total. The van der Waals surface area contributed by atoms with Crippen molar-refractivity contribution >= 4 is 5.91 Å². The van der Waals surface area contributed by atoms with Crippen molar-refractivity contribution in [1.82, 2.24) is 10.2 Å². The van der Waals surface area contributed by atoms with Gasteiger partial charge in [-0.3, -0.25) is 9.69 Å². The highest BCUT2D eigenvalue weighted by Gasteiger charge is 2.34. The molecular formula is C19H28N2O2. The molecule has 1 fully saturated rings. The molecule has 0 aromatic heterocycles. The molecule has 1 saturated carbocycles. The lowest BCUT2D eigenvalue weighted by Gasteiger charge is -2.42. The van der Waals surface area contributed by atoms with E-state index in [0.717, 1.165) is 38.8 Å². The molecule has 2 aliphatic rings. The highest BCUT2D eigenvalue weighted by molar-refractivity contribution is 5.79. The van der Waals surface area contributed by atoms with Gasteiger partial charge in [-0.2, -0.15) is 0 Å². The molecule has 1 amide bonds. The predicted octanol–water partition coefficient (Wildman–Crippen LogP) is 2.10. The van der Waals surface area contributed by atoms with Crippen molar-refractivity contribution in [1.29, 1.82) is 0 Å². The van der Waals surface area contributed by atoms with Crippen LogP contribution in [0.3, 0.4) is 0 Å². The van der Waals surface area contributed by atoms with Gasteiger partial charge in [-0.1, -0.05) is 24.3 Å². The van der Waals surface area contributed by atoms with Crippen LogP contribution in [0.1, 0.15) is 44.2 Å². The lowest BCUT2D eigenvalue weighted by Crippen LogP contribution is -2.54. The third kappa shape index (κ3) is 3.59. The number of rotatable bonds is 4. The highest BCUT2D eigenvalue weighted by Crippen LogP contribution is 2.27. The number of carbonyl (C=O) groups excluding carboxylic acids is 1. The summed E-state index contributed by atoms with van der Waals surface area (Å²) in [5.74, 6) is -0.201. The van der Waals surface area contributed by atoms with Gasteiger partial charge >= 0.3 is 0 Å². The van der Waals surface area contributed by atoms with Gasteiger partial charge in [0.05, 0.1) is 12.0 Å². The topological polar surface area (TPSA) is 52.6 Å². The minimum Gasteiger partial charge on any atom is -0.392 e. The first-order chi connectivity index (χ1) is 11.0. The molecule has 0 bridgehead atoms. The van der Waals surface area contributed by atoms with Crippen LogP contribution in [0.15, 0.2) is 24.3 Å². The van der Waals surface area contributed by atoms with Gasteiger partial charge < -0.3 is 10.4 Å². The summed E-state index contributed by atoms with van der Waals surface area (Å²) < 4.78 is 0. The molecule has 4 heteroatoms. The van der Waals surface area contributed by atoms with E-state index in [1.807, 2.05) is 0 Å². The number of hydrogen-bond acceptors (Lipinski definition) is 3. The second-order valence-electron chi connectivity index (χ2n) is 7.58. The molecule has 1 aliphatic heterocycles. The zero-order valence-electron chi connectivity index (χ0n) is 14.2. The fourth-order valence-corrected chi connectivity index (χ4v) is 3.81. The normalized spacial score (nSPS) is 25.2. The zero-order chi connectivity index (χ0) is 16.4. The van der Waals surface area contributed by atoms with Crippen LogP contribution in [0.4, 0.5) is 0 Å². The molecule has 126 valence electrons. The van der Waals surface area contributed by atoms with E-state index in [1.54, 1.807) is 0 Å². The van der Waals surface area contributed by atoms with Crippen LogP contribution in [0, 0.1) is 5.92 Å². The van der Waals surface area contributed by atoms with Crippen molar-refractivity contribution in [3.05, 3.63) is 35.4 Å². The fourth-order valence-electron chi connectivity index (χ4n) is 3.81. The molecule has 4 nitrogen and oxygen atoms in total. The van der Waals surface area contributed by atoms with Gasteiger partial charge in [0.2, 0.25) is 5.91 Å². The minimum atomic E-state index is -0.458. The van der Waals surface area contributed by atoms with Gasteiger partial charge in [0.15, 0.2) is 0 Å². The number of aliphatic hydroxyl groups excluding tert-OH is 1. The maximum Gasteiger partial charge on any atom is 0.225 e. The molecule has 3 rings (SSSR count). The van der Waals surface area contributed by atoms with E-state index < -0.39 is 6.10 Å². The average molecular weight is 316 g/mol. The van der Waals surface area contributed by atoms with Gasteiger partial charge in [-0.15, -0.1) is 0 Å². The molecule has 0 radical (unpaired) electrons. The number of carbonyl (C=O) groups is 1. The monoisotopic (exact) mass is 316 g/mol. The summed E-state index contributed by atoms with van der Waals surface area (Å²) in [6.07, 6.45) is 3.12. The number of nitrogens with zero attached hydrogens (tertiary/aromatic N) is 1. The molecule has 1 aromatic rings. The van der Waals surface area contributed by atoms with Gasteiger partial charge in [-0.05, 0) is 50.7 Å². The number of benzene rings is 1. The Bertz CT molecular complexity index is 570. The zero-order valence-corrected chi connectivity index (χ0v) is 14.2. The van der Waals surface area contributed by atoms with Crippen LogP contribution in [0.5, 0.6) is 0 Å². The van der Waals surface area contributed by atoms with Crippen LogP contribution >= 0.6 is 0 Å². The van der Waals surface area contributed by atoms with E-state index in [-0.39, 0.29) is 17.4 Å². The summed E-state index contributed by atoms with van der Waals surface area (Å²) >= 11 is 0. The summed E-state index contributed by atoms with van der Waals surface area (Å²) in [6.45, 7) is 6.95. The van der Waals surface area contributed by atoms with Crippen LogP contribution in [-0.2, 0) is 17.8 Å². The first kappa shape index (κ1) is 16.5. The maximum absolute atomic E-state index is 12.3. The Kier molecular flexibility index (Phi) is 4.74. The lowest BCUT2D eigenvalue weighted by molar-refractivity contribution is -0.128. The molecule has 1 aromatic carbocycles. The van der Waals surface area contributed by atoms with Crippen LogP contribution in [0.25, 0.3) is 0 Å². The quantitative estimate of drug-likeness (QED) is 0.894. The van der Waals surface area contributed by atoms with Gasteiger partial charge in [0, 0.05) is 25.2 Å². The van der Waals surface area contributed by atoms with Crippen LogP contribution < -0.4 is 5.32 Å². The smallest absolute Gasteiger partial charge is 0.225 e. The molecule has 0 spiro atoms. The van der Waals surface area contributed by atoms with Gasteiger partial charge in [0.1, 0.15) is 0 Å². The van der Waals surface area contributed by atoms with Crippen LogP contribution in [0.2, 0.25) is 0 Å². The second kappa shape index (κ2) is 6.62. The van der Waals surface area contributed by atoms with Crippen LogP contribution in [-0.4, -0.2) is 40.6 Å². The Labute approximate surface area is 138 Å².